The van der Waals surface area contributed by atoms with Crippen molar-refractivity contribution >= 4 is 5.69 Å². The Morgan fingerprint density at radius 2 is 1.67 bits per heavy atom. The smallest absolute Gasteiger partial charge is 0.123 e. The van der Waals surface area contributed by atoms with E-state index in [0.29, 0.717) is 0 Å². The number of rotatable bonds is 5. The minimum atomic E-state index is -0.152. The molecule has 2 aliphatic rings. The van der Waals surface area contributed by atoms with E-state index in [1.165, 1.54) is 38.8 Å². The van der Waals surface area contributed by atoms with Crippen molar-refractivity contribution in [3.8, 4) is 0 Å². The molecule has 0 N–H and O–H groups in total. The molecule has 2 heterocycles. The van der Waals surface area contributed by atoms with Gasteiger partial charge in [0.05, 0.1) is 0 Å². The molecule has 0 saturated carbocycles. The molecule has 0 unspecified atom stereocenters. The fourth-order valence-corrected chi connectivity index (χ4v) is 4.42. The molecule has 1 atom stereocenters. The van der Waals surface area contributed by atoms with Crippen LogP contribution in [0.4, 0.5) is 10.1 Å². The van der Waals surface area contributed by atoms with E-state index in [9.17, 15) is 4.39 Å². The van der Waals surface area contributed by atoms with Crippen molar-refractivity contribution < 1.29 is 4.39 Å². The average molecular weight is 333 g/mol. The number of hydrogen-bond acceptors (Lipinski definition) is 3. The van der Waals surface area contributed by atoms with Gasteiger partial charge in [0.15, 0.2) is 0 Å². The predicted molar refractivity (Wildman–Crippen MR) is 99.2 cm³/mol. The van der Waals surface area contributed by atoms with Crippen LogP contribution in [-0.2, 0) is 0 Å². The molecule has 0 spiro atoms. The Labute approximate surface area is 146 Å². The third kappa shape index (κ3) is 4.09. The van der Waals surface area contributed by atoms with Crippen LogP contribution in [0.3, 0.4) is 0 Å². The second-order valence-corrected chi connectivity index (χ2v) is 7.26. The zero-order chi connectivity index (χ0) is 16.9. The summed E-state index contributed by atoms with van der Waals surface area (Å²) in [6.45, 7) is 11.5. The number of likely N-dealkylation sites (tertiary alicyclic amines) is 1. The number of hydrogen-bond donors (Lipinski definition) is 0. The van der Waals surface area contributed by atoms with Gasteiger partial charge >= 0.3 is 0 Å². The van der Waals surface area contributed by atoms with Crippen LogP contribution in [0.1, 0.15) is 39.5 Å². The molecule has 2 saturated heterocycles. The third-order valence-corrected chi connectivity index (χ3v) is 5.91. The summed E-state index contributed by atoms with van der Waals surface area (Å²) >= 11 is 0. The van der Waals surface area contributed by atoms with Crippen molar-refractivity contribution in [1.82, 2.24) is 9.80 Å². The van der Waals surface area contributed by atoms with Crippen LogP contribution in [0.15, 0.2) is 24.3 Å². The van der Waals surface area contributed by atoms with E-state index >= 15 is 0 Å². The summed E-state index contributed by atoms with van der Waals surface area (Å²) in [7, 11) is 0. The van der Waals surface area contributed by atoms with Crippen LogP contribution in [0.25, 0.3) is 0 Å². The van der Waals surface area contributed by atoms with Gasteiger partial charge in [-0.2, -0.15) is 0 Å². The van der Waals surface area contributed by atoms with Gasteiger partial charge in [-0.25, -0.2) is 4.39 Å². The highest BCUT2D eigenvalue weighted by Crippen LogP contribution is 2.23. The van der Waals surface area contributed by atoms with Crippen LogP contribution < -0.4 is 4.90 Å². The summed E-state index contributed by atoms with van der Waals surface area (Å²) in [6.07, 6.45) is 5.20. The van der Waals surface area contributed by atoms with Gasteiger partial charge in [0.2, 0.25) is 0 Å². The Kier molecular flexibility index (Phi) is 6.12. The van der Waals surface area contributed by atoms with Gasteiger partial charge in [-0.1, -0.05) is 13.8 Å². The summed E-state index contributed by atoms with van der Waals surface area (Å²) in [6, 6.07) is 8.41. The number of anilines is 1. The normalized spacial score (nSPS) is 23.8. The first-order chi connectivity index (χ1) is 11.7. The standard InChI is InChI=1S/C20H32FN3/c1-3-18(4-2)24-11-5-6-20(16-24)23-14-12-22(13-15-23)19-9-7-17(21)8-10-19/h7-10,18,20H,3-6,11-16H2,1-2H3/t20-/m1/s1. The van der Waals surface area contributed by atoms with Gasteiger partial charge in [-0.05, 0) is 56.5 Å². The highest BCUT2D eigenvalue weighted by atomic mass is 19.1. The van der Waals surface area contributed by atoms with E-state index in [1.54, 1.807) is 12.1 Å². The second-order valence-electron chi connectivity index (χ2n) is 7.26. The van der Waals surface area contributed by atoms with E-state index in [1.807, 2.05) is 12.1 Å². The molecule has 4 heteroatoms. The van der Waals surface area contributed by atoms with E-state index in [0.717, 1.165) is 44.0 Å². The first-order valence-electron chi connectivity index (χ1n) is 9.69. The lowest BCUT2D eigenvalue weighted by molar-refractivity contribution is 0.0646. The average Bonchev–Trinajstić information content (AvgIpc) is 2.64. The number of piperidine rings is 1. The largest absolute Gasteiger partial charge is 0.369 e. The Hall–Kier alpha value is -1.13. The number of benzene rings is 1. The predicted octanol–water partition coefficient (Wildman–Crippen LogP) is 3.60. The number of halogens is 1. The third-order valence-electron chi connectivity index (χ3n) is 5.91. The molecule has 1 aromatic rings. The fraction of sp³-hybridized carbons (Fsp3) is 0.700. The van der Waals surface area contributed by atoms with Crippen LogP contribution in [-0.4, -0.2) is 61.2 Å². The van der Waals surface area contributed by atoms with Crippen LogP contribution >= 0.6 is 0 Å². The summed E-state index contributed by atoms with van der Waals surface area (Å²) in [5.74, 6) is -0.152. The van der Waals surface area contributed by atoms with Gasteiger partial charge in [-0.3, -0.25) is 9.80 Å². The maximum atomic E-state index is 13.1. The Bertz CT molecular complexity index is 492. The van der Waals surface area contributed by atoms with Crippen molar-refractivity contribution in [3.05, 3.63) is 30.1 Å². The van der Waals surface area contributed by atoms with E-state index in [2.05, 4.69) is 28.5 Å². The molecule has 1 aromatic carbocycles. The first kappa shape index (κ1) is 17.7. The zero-order valence-corrected chi connectivity index (χ0v) is 15.3. The van der Waals surface area contributed by atoms with Crippen molar-refractivity contribution in [2.75, 3.05) is 44.2 Å². The lowest BCUT2D eigenvalue weighted by atomic mass is 9.99. The molecule has 2 fully saturated rings. The summed E-state index contributed by atoms with van der Waals surface area (Å²) in [4.78, 5) is 7.80. The lowest BCUT2D eigenvalue weighted by Crippen LogP contribution is -2.56. The first-order valence-corrected chi connectivity index (χ1v) is 9.69. The molecule has 134 valence electrons. The number of piperazine rings is 1. The van der Waals surface area contributed by atoms with Crippen LogP contribution in [0.5, 0.6) is 0 Å². The molecule has 3 rings (SSSR count). The fourth-order valence-electron chi connectivity index (χ4n) is 4.42. The minimum absolute atomic E-state index is 0.152. The van der Waals surface area contributed by atoms with Crippen molar-refractivity contribution in [2.45, 2.75) is 51.6 Å². The summed E-state index contributed by atoms with van der Waals surface area (Å²) in [5, 5.41) is 0. The van der Waals surface area contributed by atoms with Gasteiger partial charge in [0.25, 0.3) is 0 Å². The number of nitrogens with zero attached hydrogens (tertiary/aromatic N) is 3. The SMILES string of the molecule is CCC(CC)N1CCC[C@@H](N2CCN(c3ccc(F)cc3)CC2)C1. The van der Waals surface area contributed by atoms with Crippen molar-refractivity contribution in [1.29, 1.82) is 0 Å². The second kappa shape index (κ2) is 8.30. The molecule has 24 heavy (non-hydrogen) atoms. The lowest BCUT2D eigenvalue weighted by Gasteiger charge is -2.45. The molecule has 0 amide bonds. The highest BCUT2D eigenvalue weighted by molar-refractivity contribution is 5.46. The maximum Gasteiger partial charge on any atom is 0.123 e. The minimum Gasteiger partial charge on any atom is -0.369 e. The Morgan fingerprint density at radius 3 is 2.29 bits per heavy atom. The quantitative estimate of drug-likeness (QED) is 0.815. The molecular weight excluding hydrogens is 301 g/mol. The molecule has 0 aromatic heterocycles. The van der Waals surface area contributed by atoms with E-state index < -0.39 is 0 Å². The Morgan fingerprint density at radius 1 is 1.00 bits per heavy atom. The van der Waals surface area contributed by atoms with Gasteiger partial charge in [0.1, 0.15) is 5.82 Å². The molecule has 0 bridgehead atoms. The monoisotopic (exact) mass is 333 g/mol. The molecule has 2 aliphatic heterocycles. The van der Waals surface area contributed by atoms with Crippen molar-refractivity contribution in [3.63, 3.8) is 0 Å². The van der Waals surface area contributed by atoms with E-state index in [4.69, 9.17) is 0 Å². The van der Waals surface area contributed by atoms with Crippen LogP contribution in [0, 0.1) is 5.82 Å². The van der Waals surface area contributed by atoms with Gasteiger partial charge < -0.3 is 4.90 Å². The van der Waals surface area contributed by atoms with E-state index in [-0.39, 0.29) is 5.82 Å². The molecule has 0 aliphatic carbocycles. The van der Waals surface area contributed by atoms with Crippen molar-refractivity contribution in [2.24, 2.45) is 0 Å². The molecular formula is C20H32FN3. The Balaban J connectivity index is 1.53. The summed E-state index contributed by atoms with van der Waals surface area (Å²) < 4.78 is 13.1. The molecule has 3 nitrogen and oxygen atoms in total. The zero-order valence-electron chi connectivity index (χ0n) is 15.3. The maximum absolute atomic E-state index is 13.1. The highest BCUT2D eigenvalue weighted by Gasteiger charge is 2.30. The van der Waals surface area contributed by atoms with Gasteiger partial charge in [-0.15, -0.1) is 0 Å². The summed E-state index contributed by atoms with van der Waals surface area (Å²) in [5.41, 5.74) is 1.15. The molecule has 0 radical (unpaired) electrons. The topological polar surface area (TPSA) is 9.72 Å². The van der Waals surface area contributed by atoms with Crippen LogP contribution in [0.2, 0.25) is 0 Å². The van der Waals surface area contributed by atoms with Gasteiger partial charge in [0, 0.05) is 50.5 Å².